The van der Waals surface area contributed by atoms with Crippen LogP contribution in [-0.4, -0.2) is 50.6 Å². The molecule has 0 saturated carbocycles. The highest BCUT2D eigenvalue weighted by molar-refractivity contribution is 5.97. The van der Waals surface area contributed by atoms with Gasteiger partial charge in [-0.2, -0.15) is 0 Å². The number of likely N-dealkylation sites (tertiary alicyclic amines) is 1. The van der Waals surface area contributed by atoms with Crippen LogP contribution in [0, 0.1) is 5.92 Å². The molecule has 28 heavy (non-hydrogen) atoms. The molecule has 0 radical (unpaired) electrons. The van der Waals surface area contributed by atoms with E-state index < -0.39 is 6.04 Å². The van der Waals surface area contributed by atoms with Crippen molar-refractivity contribution < 1.29 is 19.2 Å². The van der Waals surface area contributed by atoms with E-state index in [0.717, 1.165) is 19.0 Å². The Bertz CT molecular complexity index is 630. The molecule has 1 saturated heterocycles. The summed E-state index contributed by atoms with van der Waals surface area (Å²) in [5.41, 5.74) is 0.516. The third-order valence-corrected chi connectivity index (χ3v) is 5.64. The van der Waals surface area contributed by atoms with Crippen molar-refractivity contribution in [1.82, 2.24) is 10.6 Å². The van der Waals surface area contributed by atoms with E-state index in [1.165, 1.54) is 25.8 Å². The number of rotatable bonds is 9. The lowest BCUT2D eigenvalue weighted by atomic mass is 10.0. The Hall–Kier alpha value is -2.08. The number of carbonyl (C=O) groups excluding carboxylic acids is 2. The number of nitrogens with one attached hydrogen (secondary N) is 3. The monoisotopic (exact) mass is 390 g/mol. The lowest BCUT2D eigenvalue weighted by Crippen LogP contribution is -3.16. The van der Waals surface area contributed by atoms with E-state index in [4.69, 9.17) is 4.74 Å². The Morgan fingerprint density at radius 3 is 2.54 bits per heavy atom. The van der Waals surface area contributed by atoms with Gasteiger partial charge in [0, 0.05) is 18.5 Å². The Labute approximate surface area is 169 Å². The zero-order chi connectivity index (χ0) is 20.5. The van der Waals surface area contributed by atoms with Crippen LogP contribution in [0.25, 0.3) is 0 Å². The summed E-state index contributed by atoms with van der Waals surface area (Å²) < 4.78 is 5.11. The molecule has 1 aliphatic heterocycles. The number of quaternary nitrogens is 1. The van der Waals surface area contributed by atoms with E-state index in [1.807, 2.05) is 13.8 Å². The summed E-state index contributed by atoms with van der Waals surface area (Å²) in [6, 6.07) is 7.05. The second-order valence-electron chi connectivity index (χ2n) is 8.12. The predicted molar refractivity (Wildman–Crippen MR) is 111 cm³/mol. The minimum Gasteiger partial charge on any atom is -0.497 e. The normalized spacial score (nSPS) is 20.5. The molecule has 2 rings (SSSR count). The minimum atomic E-state index is -0.546. The van der Waals surface area contributed by atoms with Crippen LogP contribution in [0.15, 0.2) is 24.3 Å². The summed E-state index contributed by atoms with van der Waals surface area (Å²) >= 11 is 0. The van der Waals surface area contributed by atoms with Gasteiger partial charge in [-0.15, -0.1) is 0 Å². The van der Waals surface area contributed by atoms with Crippen LogP contribution in [0.2, 0.25) is 0 Å². The van der Waals surface area contributed by atoms with Gasteiger partial charge in [-0.1, -0.05) is 13.8 Å². The topological polar surface area (TPSA) is 71.9 Å². The van der Waals surface area contributed by atoms with Crippen LogP contribution in [0.3, 0.4) is 0 Å². The highest BCUT2D eigenvalue weighted by atomic mass is 16.5. The summed E-state index contributed by atoms with van der Waals surface area (Å²) in [4.78, 5) is 26.8. The van der Waals surface area contributed by atoms with Crippen molar-refractivity contribution in [3.63, 3.8) is 0 Å². The highest BCUT2D eigenvalue weighted by Gasteiger charge is 2.25. The van der Waals surface area contributed by atoms with Crippen molar-refractivity contribution in [2.45, 2.75) is 58.5 Å². The SMILES string of the molecule is COc1ccc(C(=O)N[C@H](C(=O)NCCC[NH+]2CCCC[C@@H]2C)C(C)C)cc1. The van der Waals surface area contributed by atoms with E-state index in [1.54, 1.807) is 36.3 Å². The van der Waals surface area contributed by atoms with E-state index in [9.17, 15) is 9.59 Å². The van der Waals surface area contributed by atoms with Crippen LogP contribution in [0.4, 0.5) is 0 Å². The van der Waals surface area contributed by atoms with Gasteiger partial charge in [0.25, 0.3) is 5.91 Å². The summed E-state index contributed by atoms with van der Waals surface area (Å²) in [6.45, 7) is 9.18. The second-order valence-corrected chi connectivity index (χ2v) is 8.12. The molecule has 2 amide bonds. The lowest BCUT2D eigenvalue weighted by Gasteiger charge is -2.30. The average Bonchev–Trinajstić information content (AvgIpc) is 2.70. The number of carbonyl (C=O) groups is 2. The van der Waals surface area contributed by atoms with Crippen molar-refractivity contribution in [2.75, 3.05) is 26.7 Å². The Morgan fingerprint density at radius 1 is 1.21 bits per heavy atom. The largest absolute Gasteiger partial charge is 0.497 e. The van der Waals surface area contributed by atoms with Gasteiger partial charge in [0.05, 0.1) is 26.2 Å². The first-order chi connectivity index (χ1) is 13.4. The number of hydrogen-bond donors (Lipinski definition) is 3. The van der Waals surface area contributed by atoms with Crippen molar-refractivity contribution in [2.24, 2.45) is 5.92 Å². The van der Waals surface area contributed by atoms with Crippen molar-refractivity contribution in [3.05, 3.63) is 29.8 Å². The summed E-state index contributed by atoms with van der Waals surface area (Å²) in [6.07, 6.45) is 4.90. The highest BCUT2D eigenvalue weighted by Crippen LogP contribution is 2.12. The molecule has 3 atom stereocenters. The standard InChI is InChI=1S/C22H35N3O3/c1-16(2)20(24-21(26)18-9-11-19(28-4)12-10-18)22(27)23-13-7-15-25-14-6-5-8-17(25)3/h9-12,16-17,20H,5-8,13-15H2,1-4H3,(H,23,27)(H,24,26)/p+1/t17-,20-/m0/s1. The first kappa shape index (κ1) is 22.2. The number of methoxy groups -OCH3 is 1. The maximum atomic E-state index is 12.6. The Balaban J connectivity index is 1.81. The lowest BCUT2D eigenvalue weighted by molar-refractivity contribution is -0.928. The molecule has 1 unspecified atom stereocenters. The maximum absolute atomic E-state index is 12.6. The van der Waals surface area contributed by atoms with Crippen molar-refractivity contribution in [3.8, 4) is 5.75 Å². The van der Waals surface area contributed by atoms with E-state index in [0.29, 0.717) is 17.9 Å². The molecule has 1 aliphatic rings. The molecule has 0 aliphatic carbocycles. The average molecular weight is 391 g/mol. The molecular formula is C22H36N3O3+. The zero-order valence-corrected chi connectivity index (χ0v) is 17.7. The molecule has 1 heterocycles. The van der Waals surface area contributed by atoms with Crippen LogP contribution < -0.4 is 20.3 Å². The fourth-order valence-electron chi connectivity index (χ4n) is 3.76. The zero-order valence-electron chi connectivity index (χ0n) is 17.7. The molecule has 0 aromatic heterocycles. The van der Waals surface area contributed by atoms with Gasteiger partial charge in [0.2, 0.25) is 5.91 Å². The van der Waals surface area contributed by atoms with Gasteiger partial charge < -0.3 is 20.3 Å². The fraction of sp³-hybridized carbons (Fsp3) is 0.636. The number of amides is 2. The van der Waals surface area contributed by atoms with Gasteiger partial charge in [-0.3, -0.25) is 9.59 Å². The van der Waals surface area contributed by atoms with Gasteiger partial charge >= 0.3 is 0 Å². The Morgan fingerprint density at radius 2 is 1.93 bits per heavy atom. The second kappa shape index (κ2) is 11.1. The molecule has 1 aromatic rings. The summed E-state index contributed by atoms with van der Waals surface area (Å²) in [5.74, 6) is 0.344. The summed E-state index contributed by atoms with van der Waals surface area (Å²) in [5, 5.41) is 5.88. The molecule has 6 nitrogen and oxygen atoms in total. The van der Waals surface area contributed by atoms with Crippen molar-refractivity contribution >= 4 is 11.8 Å². The van der Waals surface area contributed by atoms with Crippen LogP contribution in [-0.2, 0) is 4.79 Å². The number of benzene rings is 1. The molecule has 3 N–H and O–H groups in total. The number of piperidine rings is 1. The maximum Gasteiger partial charge on any atom is 0.251 e. The van der Waals surface area contributed by atoms with Gasteiger partial charge in [0.15, 0.2) is 0 Å². The first-order valence-corrected chi connectivity index (χ1v) is 10.5. The van der Waals surface area contributed by atoms with Crippen LogP contribution in [0.1, 0.15) is 56.8 Å². The third-order valence-electron chi connectivity index (χ3n) is 5.64. The number of hydrogen-bond acceptors (Lipinski definition) is 3. The molecule has 6 heteroatoms. The molecule has 0 bridgehead atoms. The van der Waals surface area contributed by atoms with Crippen LogP contribution >= 0.6 is 0 Å². The van der Waals surface area contributed by atoms with Crippen LogP contribution in [0.5, 0.6) is 5.75 Å². The smallest absolute Gasteiger partial charge is 0.251 e. The van der Waals surface area contributed by atoms with E-state index >= 15 is 0 Å². The van der Waals surface area contributed by atoms with Crippen molar-refractivity contribution in [1.29, 1.82) is 0 Å². The van der Waals surface area contributed by atoms with Gasteiger partial charge in [-0.25, -0.2) is 0 Å². The van der Waals surface area contributed by atoms with E-state index in [2.05, 4.69) is 17.6 Å². The quantitative estimate of drug-likeness (QED) is 0.559. The number of ether oxygens (including phenoxy) is 1. The molecule has 156 valence electrons. The minimum absolute atomic E-state index is 0.00920. The molecular weight excluding hydrogens is 354 g/mol. The first-order valence-electron chi connectivity index (χ1n) is 10.5. The predicted octanol–water partition coefficient (Wildman–Crippen LogP) is 1.41. The third kappa shape index (κ3) is 6.51. The van der Waals surface area contributed by atoms with E-state index in [-0.39, 0.29) is 17.7 Å². The van der Waals surface area contributed by atoms with Gasteiger partial charge in [-0.05, 0) is 56.4 Å². The van der Waals surface area contributed by atoms with Gasteiger partial charge in [0.1, 0.15) is 11.8 Å². The molecule has 1 fully saturated rings. The summed E-state index contributed by atoms with van der Waals surface area (Å²) in [7, 11) is 1.58. The Kier molecular flexibility index (Phi) is 8.77. The fourth-order valence-corrected chi connectivity index (χ4v) is 3.76. The molecule has 1 aromatic carbocycles. The molecule has 0 spiro atoms.